The van der Waals surface area contributed by atoms with E-state index in [9.17, 15) is 23.1 Å². The van der Waals surface area contributed by atoms with Gasteiger partial charge in [-0.15, -0.1) is 5.10 Å². The zero-order valence-electron chi connectivity index (χ0n) is 12.4. The topological polar surface area (TPSA) is 119 Å². The van der Waals surface area contributed by atoms with Gasteiger partial charge in [0, 0.05) is 17.3 Å². The fourth-order valence-corrected chi connectivity index (χ4v) is 3.09. The maximum absolute atomic E-state index is 12.3. The van der Waals surface area contributed by atoms with Crippen molar-refractivity contribution in [2.75, 3.05) is 6.26 Å². The molecule has 0 radical (unpaired) electrons. The first kappa shape index (κ1) is 17.5. The first-order chi connectivity index (χ1) is 10.6. The molecule has 2 aromatic rings. The number of benzene rings is 1. The predicted molar refractivity (Wildman–Crippen MR) is 87.0 cm³/mol. The van der Waals surface area contributed by atoms with E-state index in [1.165, 1.54) is 0 Å². The quantitative estimate of drug-likeness (QED) is 0.784. The molecule has 1 aromatic carbocycles. The number of aliphatic carboxylic acids is 1. The standard InChI is InChI=1S/C13H14BrN3O5S/c1-13(12(19)20,23(2,21)22)5-6-17-11(18)9-4-3-8(14)7-10(9)15-16-17/h3-4,7H,5-6H2,1-2H3,(H,19,20)/t13-/m1/s1. The Hall–Kier alpha value is -1.81. The second-order valence-corrected chi connectivity index (χ2v) is 8.70. The lowest BCUT2D eigenvalue weighted by Gasteiger charge is -2.22. The van der Waals surface area contributed by atoms with Gasteiger partial charge < -0.3 is 5.11 Å². The molecule has 8 nitrogen and oxygen atoms in total. The number of rotatable bonds is 5. The van der Waals surface area contributed by atoms with Crippen molar-refractivity contribution in [1.29, 1.82) is 0 Å². The summed E-state index contributed by atoms with van der Waals surface area (Å²) in [6.45, 7) is 0.939. The van der Waals surface area contributed by atoms with Gasteiger partial charge in [0.15, 0.2) is 14.6 Å². The summed E-state index contributed by atoms with van der Waals surface area (Å²) in [4.78, 5) is 23.6. The Morgan fingerprint density at radius 2 is 2.09 bits per heavy atom. The monoisotopic (exact) mass is 403 g/mol. The molecule has 0 saturated heterocycles. The number of carbonyl (C=O) groups is 1. The van der Waals surface area contributed by atoms with E-state index in [0.29, 0.717) is 10.9 Å². The van der Waals surface area contributed by atoms with Crippen LogP contribution in [-0.4, -0.2) is 45.5 Å². The van der Waals surface area contributed by atoms with Gasteiger partial charge in [0.25, 0.3) is 5.56 Å². The van der Waals surface area contributed by atoms with Crippen LogP contribution in [-0.2, 0) is 21.2 Å². The average Bonchev–Trinajstić information content (AvgIpc) is 2.44. The number of aryl methyl sites for hydroxylation is 1. The summed E-state index contributed by atoms with van der Waals surface area (Å²) in [6, 6.07) is 4.87. The van der Waals surface area contributed by atoms with Gasteiger partial charge in [-0.3, -0.25) is 9.59 Å². The number of hydrogen-bond acceptors (Lipinski definition) is 6. The van der Waals surface area contributed by atoms with Crippen LogP contribution in [0.3, 0.4) is 0 Å². The Kier molecular flexibility index (Phi) is 4.58. The minimum absolute atomic E-state index is 0.173. The molecule has 1 atom stereocenters. The van der Waals surface area contributed by atoms with Gasteiger partial charge in [0.05, 0.1) is 5.39 Å². The molecule has 0 unspecified atom stereocenters. The minimum atomic E-state index is -3.86. The molecule has 0 fully saturated rings. The van der Waals surface area contributed by atoms with Gasteiger partial charge in [0.1, 0.15) is 5.52 Å². The van der Waals surface area contributed by atoms with Gasteiger partial charge >= 0.3 is 5.97 Å². The summed E-state index contributed by atoms with van der Waals surface area (Å²) in [5, 5.41) is 17.2. The van der Waals surface area contributed by atoms with Crippen LogP contribution in [0.5, 0.6) is 0 Å². The van der Waals surface area contributed by atoms with Crippen LogP contribution in [0.15, 0.2) is 27.5 Å². The molecule has 23 heavy (non-hydrogen) atoms. The molecule has 0 aliphatic heterocycles. The fourth-order valence-electron chi connectivity index (χ4n) is 1.97. The van der Waals surface area contributed by atoms with E-state index in [-0.39, 0.29) is 13.0 Å². The third-order valence-corrected chi connectivity index (χ3v) is 6.27. The first-order valence-electron chi connectivity index (χ1n) is 6.52. The predicted octanol–water partition coefficient (Wildman–Crippen LogP) is 0.832. The molecule has 2 rings (SSSR count). The van der Waals surface area contributed by atoms with Gasteiger partial charge in [-0.25, -0.2) is 13.1 Å². The molecule has 0 aliphatic rings. The molecule has 0 aliphatic carbocycles. The van der Waals surface area contributed by atoms with E-state index >= 15 is 0 Å². The van der Waals surface area contributed by atoms with Crippen LogP contribution in [0.25, 0.3) is 10.9 Å². The lowest BCUT2D eigenvalue weighted by atomic mass is 10.1. The van der Waals surface area contributed by atoms with E-state index in [1.54, 1.807) is 18.2 Å². The minimum Gasteiger partial charge on any atom is -0.480 e. The van der Waals surface area contributed by atoms with E-state index in [1.807, 2.05) is 0 Å². The number of carboxylic acids is 1. The number of aromatic nitrogens is 3. The lowest BCUT2D eigenvalue weighted by molar-refractivity contribution is -0.139. The maximum Gasteiger partial charge on any atom is 0.324 e. The molecule has 0 saturated carbocycles. The maximum atomic E-state index is 12.3. The molecule has 0 bridgehead atoms. The molecule has 1 aromatic heterocycles. The van der Waals surface area contributed by atoms with Crippen LogP contribution in [0.4, 0.5) is 0 Å². The smallest absolute Gasteiger partial charge is 0.324 e. The lowest BCUT2D eigenvalue weighted by Crippen LogP contribution is -2.44. The van der Waals surface area contributed by atoms with Crippen molar-refractivity contribution >= 4 is 42.6 Å². The van der Waals surface area contributed by atoms with Crippen molar-refractivity contribution in [1.82, 2.24) is 15.0 Å². The zero-order valence-corrected chi connectivity index (χ0v) is 14.8. The van der Waals surface area contributed by atoms with Crippen LogP contribution in [0.2, 0.25) is 0 Å². The Labute approximate surface area is 140 Å². The normalized spacial score (nSPS) is 14.6. The van der Waals surface area contributed by atoms with Gasteiger partial charge in [-0.2, -0.15) is 0 Å². The fraction of sp³-hybridized carbons (Fsp3) is 0.385. The highest BCUT2D eigenvalue weighted by Crippen LogP contribution is 2.22. The number of fused-ring (bicyclic) bond motifs is 1. The first-order valence-corrected chi connectivity index (χ1v) is 9.21. The molecule has 0 amide bonds. The van der Waals surface area contributed by atoms with Crippen molar-refractivity contribution < 1.29 is 18.3 Å². The summed E-state index contributed by atoms with van der Waals surface area (Å²) in [5.41, 5.74) is -0.0616. The number of hydrogen-bond donors (Lipinski definition) is 1. The van der Waals surface area contributed by atoms with E-state index < -0.39 is 26.1 Å². The Bertz CT molecular complexity index is 940. The van der Waals surface area contributed by atoms with E-state index in [2.05, 4.69) is 26.2 Å². The summed E-state index contributed by atoms with van der Waals surface area (Å²) in [5.74, 6) is -1.47. The highest BCUT2D eigenvalue weighted by molar-refractivity contribution is 9.10. The molecule has 1 heterocycles. The Balaban J connectivity index is 2.40. The van der Waals surface area contributed by atoms with Crippen LogP contribution >= 0.6 is 15.9 Å². The van der Waals surface area contributed by atoms with Crippen molar-refractivity contribution in [2.45, 2.75) is 24.6 Å². The summed E-state index contributed by atoms with van der Waals surface area (Å²) in [6.07, 6.45) is 0.561. The number of halogens is 1. The highest BCUT2D eigenvalue weighted by Gasteiger charge is 2.43. The average molecular weight is 404 g/mol. The van der Waals surface area contributed by atoms with Crippen molar-refractivity contribution in [2.24, 2.45) is 0 Å². The van der Waals surface area contributed by atoms with Crippen molar-refractivity contribution in [3.63, 3.8) is 0 Å². The molecule has 10 heteroatoms. The second kappa shape index (κ2) is 6.00. The summed E-state index contributed by atoms with van der Waals surface area (Å²) >= 11 is 3.26. The highest BCUT2D eigenvalue weighted by atomic mass is 79.9. The molecular formula is C13H14BrN3O5S. The van der Waals surface area contributed by atoms with Crippen molar-refractivity contribution in [3.8, 4) is 0 Å². The Morgan fingerprint density at radius 1 is 1.43 bits per heavy atom. The van der Waals surface area contributed by atoms with E-state index in [4.69, 9.17) is 0 Å². The third-order valence-electron chi connectivity index (χ3n) is 3.76. The number of nitrogens with zero attached hydrogens (tertiary/aromatic N) is 3. The SMILES string of the molecule is C[C@@](CCn1nnc2cc(Br)ccc2c1=O)(C(=O)O)S(C)(=O)=O. The zero-order chi connectivity index (χ0) is 17.4. The largest absolute Gasteiger partial charge is 0.480 e. The molecule has 1 N–H and O–H groups in total. The van der Waals surface area contributed by atoms with Gasteiger partial charge in [0.2, 0.25) is 0 Å². The Morgan fingerprint density at radius 3 is 2.65 bits per heavy atom. The van der Waals surface area contributed by atoms with Crippen LogP contribution < -0.4 is 5.56 Å². The van der Waals surface area contributed by atoms with Gasteiger partial charge in [-0.1, -0.05) is 21.1 Å². The number of carboxylic acid groups (broad SMARTS) is 1. The van der Waals surface area contributed by atoms with Gasteiger partial charge in [-0.05, 0) is 31.5 Å². The summed E-state index contributed by atoms with van der Waals surface area (Å²) < 4.78 is 23.2. The van der Waals surface area contributed by atoms with Crippen LogP contribution in [0, 0.1) is 0 Å². The van der Waals surface area contributed by atoms with Crippen LogP contribution in [0.1, 0.15) is 13.3 Å². The van der Waals surface area contributed by atoms with Crippen molar-refractivity contribution in [3.05, 3.63) is 33.0 Å². The molecular weight excluding hydrogens is 390 g/mol. The molecule has 124 valence electrons. The second-order valence-electron chi connectivity index (χ2n) is 5.34. The molecule has 0 spiro atoms. The van der Waals surface area contributed by atoms with E-state index in [0.717, 1.165) is 22.3 Å². The third kappa shape index (κ3) is 3.27. The summed E-state index contributed by atoms with van der Waals surface area (Å²) in [7, 11) is -3.86. The number of sulfone groups is 1.